The van der Waals surface area contributed by atoms with Crippen LogP contribution < -0.4 is 10.6 Å². The topological polar surface area (TPSA) is 45.7 Å². The van der Waals surface area contributed by atoms with E-state index in [4.69, 9.17) is 9.73 Å². The van der Waals surface area contributed by atoms with E-state index in [1.165, 1.54) is 24.0 Å². The zero-order chi connectivity index (χ0) is 16.2. The van der Waals surface area contributed by atoms with Crippen molar-refractivity contribution in [3.63, 3.8) is 0 Å². The molecule has 0 spiro atoms. The van der Waals surface area contributed by atoms with E-state index in [0.717, 1.165) is 19.0 Å². The third-order valence-corrected chi connectivity index (χ3v) is 3.88. The van der Waals surface area contributed by atoms with Crippen molar-refractivity contribution in [2.75, 3.05) is 20.2 Å². The highest BCUT2D eigenvalue weighted by molar-refractivity contribution is 14.0. The number of aliphatic imine (C=N–C) groups is 1. The molecular weight excluding hydrogens is 401 g/mol. The molecule has 0 aliphatic heterocycles. The summed E-state index contributed by atoms with van der Waals surface area (Å²) in [7, 11) is 1.72. The zero-order valence-corrected chi connectivity index (χ0v) is 17.2. The normalized spacial score (nSPS) is 11.3. The van der Waals surface area contributed by atoms with Gasteiger partial charge in [-0.2, -0.15) is 0 Å². The highest BCUT2D eigenvalue weighted by Gasteiger charge is 2.05. The summed E-state index contributed by atoms with van der Waals surface area (Å²) in [6.45, 7) is 9.70. The van der Waals surface area contributed by atoms with Crippen LogP contribution in [0.2, 0.25) is 0 Å². The van der Waals surface area contributed by atoms with Crippen molar-refractivity contribution in [3.8, 4) is 0 Å². The van der Waals surface area contributed by atoms with Gasteiger partial charge in [0.1, 0.15) is 0 Å². The molecule has 5 heteroatoms. The Labute approximate surface area is 158 Å². The number of hydrogen-bond donors (Lipinski definition) is 2. The molecule has 4 nitrogen and oxygen atoms in total. The van der Waals surface area contributed by atoms with Crippen LogP contribution in [0.5, 0.6) is 0 Å². The number of nitrogens with one attached hydrogen (secondary N) is 2. The van der Waals surface area contributed by atoms with Crippen molar-refractivity contribution >= 4 is 29.9 Å². The van der Waals surface area contributed by atoms with Crippen LogP contribution in [0.3, 0.4) is 0 Å². The van der Waals surface area contributed by atoms with Crippen LogP contribution in [0.15, 0.2) is 29.3 Å². The van der Waals surface area contributed by atoms with Gasteiger partial charge in [-0.15, -0.1) is 24.0 Å². The zero-order valence-electron chi connectivity index (χ0n) is 14.9. The molecule has 0 aliphatic carbocycles. The summed E-state index contributed by atoms with van der Waals surface area (Å²) in [5.74, 6) is 1.59. The predicted octanol–water partition coefficient (Wildman–Crippen LogP) is 3.94. The summed E-state index contributed by atoms with van der Waals surface area (Å²) in [6.07, 6.45) is 2.39. The van der Waals surface area contributed by atoms with Crippen LogP contribution in [0.1, 0.15) is 44.7 Å². The smallest absolute Gasteiger partial charge is 0.191 e. The molecular formula is C18H32IN3O. The Hall–Kier alpha value is -0.820. The van der Waals surface area contributed by atoms with Crippen molar-refractivity contribution in [2.45, 2.75) is 46.8 Å². The van der Waals surface area contributed by atoms with Crippen molar-refractivity contribution in [2.24, 2.45) is 10.9 Å². The highest BCUT2D eigenvalue weighted by atomic mass is 127. The van der Waals surface area contributed by atoms with Crippen molar-refractivity contribution in [3.05, 3.63) is 35.4 Å². The summed E-state index contributed by atoms with van der Waals surface area (Å²) in [6, 6.07) is 8.30. The SMILES string of the molecule is CCNC(=NCc1ccccc1COC)NCC(CC)CC.I. The third-order valence-electron chi connectivity index (χ3n) is 3.88. The highest BCUT2D eigenvalue weighted by Crippen LogP contribution is 2.11. The number of halogens is 1. The molecule has 0 aromatic heterocycles. The van der Waals surface area contributed by atoms with Gasteiger partial charge in [-0.25, -0.2) is 4.99 Å². The van der Waals surface area contributed by atoms with E-state index in [0.29, 0.717) is 19.1 Å². The Bertz CT molecular complexity index is 448. The van der Waals surface area contributed by atoms with Crippen LogP contribution in [0.25, 0.3) is 0 Å². The van der Waals surface area contributed by atoms with E-state index in [2.05, 4.69) is 49.6 Å². The summed E-state index contributed by atoms with van der Waals surface area (Å²) in [4.78, 5) is 4.71. The Morgan fingerprint density at radius 2 is 1.74 bits per heavy atom. The Kier molecular flexibility index (Phi) is 13.1. The van der Waals surface area contributed by atoms with E-state index in [9.17, 15) is 0 Å². The summed E-state index contributed by atoms with van der Waals surface area (Å²) in [5, 5.41) is 6.77. The maximum absolute atomic E-state index is 5.25. The van der Waals surface area contributed by atoms with Crippen LogP contribution in [0.4, 0.5) is 0 Å². The average Bonchev–Trinajstić information content (AvgIpc) is 2.55. The van der Waals surface area contributed by atoms with Gasteiger partial charge in [0.05, 0.1) is 13.2 Å². The van der Waals surface area contributed by atoms with Crippen LogP contribution >= 0.6 is 24.0 Å². The lowest BCUT2D eigenvalue weighted by Crippen LogP contribution is -2.39. The van der Waals surface area contributed by atoms with Gasteiger partial charge in [0.25, 0.3) is 0 Å². The lowest BCUT2D eigenvalue weighted by molar-refractivity contribution is 0.184. The minimum Gasteiger partial charge on any atom is -0.380 e. The molecule has 0 aliphatic rings. The fourth-order valence-electron chi connectivity index (χ4n) is 2.33. The fourth-order valence-corrected chi connectivity index (χ4v) is 2.33. The molecule has 2 N–H and O–H groups in total. The Morgan fingerprint density at radius 3 is 2.30 bits per heavy atom. The van der Waals surface area contributed by atoms with Gasteiger partial charge in [-0.05, 0) is 24.0 Å². The quantitative estimate of drug-likeness (QED) is 0.352. The molecule has 0 saturated carbocycles. The molecule has 0 amide bonds. The summed E-state index contributed by atoms with van der Waals surface area (Å²) < 4.78 is 5.25. The second-order valence-corrected chi connectivity index (χ2v) is 5.46. The van der Waals surface area contributed by atoms with E-state index in [1.54, 1.807) is 7.11 Å². The Morgan fingerprint density at radius 1 is 1.09 bits per heavy atom. The van der Waals surface area contributed by atoms with Crippen molar-refractivity contribution in [1.29, 1.82) is 0 Å². The molecule has 0 atom stereocenters. The number of nitrogens with zero attached hydrogens (tertiary/aromatic N) is 1. The average molecular weight is 433 g/mol. The maximum atomic E-state index is 5.25. The summed E-state index contributed by atoms with van der Waals surface area (Å²) >= 11 is 0. The number of ether oxygens (including phenoxy) is 1. The molecule has 1 aromatic carbocycles. The second kappa shape index (κ2) is 13.6. The van der Waals surface area contributed by atoms with Crippen LogP contribution in [-0.4, -0.2) is 26.2 Å². The van der Waals surface area contributed by atoms with E-state index >= 15 is 0 Å². The van der Waals surface area contributed by atoms with Gasteiger partial charge in [-0.1, -0.05) is 51.0 Å². The number of guanidine groups is 1. The number of rotatable bonds is 9. The third kappa shape index (κ3) is 8.55. The lowest BCUT2D eigenvalue weighted by atomic mass is 10.0. The molecule has 0 fully saturated rings. The number of methoxy groups -OCH3 is 1. The monoisotopic (exact) mass is 433 g/mol. The Balaban J connectivity index is 0.00000484. The molecule has 0 unspecified atom stereocenters. The second-order valence-electron chi connectivity index (χ2n) is 5.46. The van der Waals surface area contributed by atoms with Crippen LogP contribution in [-0.2, 0) is 17.9 Å². The number of benzene rings is 1. The van der Waals surface area contributed by atoms with Crippen molar-refractivity contribution < 1.29 is 4.74 Å². The minimum absolute atomic E-state index is 0. The van der Waals surface area contributed by atoms with Gasteiger partial charge in [0, 0.05) is 20.2 Å². The molecule has 0 saturated heterocycles. The van der Waals surface area contributed by atoms with E-state index in [-0.39, 0.29) is 24.0 Å². The molecule has 0 heterocycles. The first kappa shape index (κ1) is 22.2. The first-order valence-corrected chi connectivity index (χ1v) is 8.32. The molecule has 0 radical (unpaired) electrons. The largest absolute Gasteiger partial charge is 0.380 e. The minimum atomic E-state index is 0. The maximum Gasteiger partial charge on any atom is 0.191 e. The number of hydrogen-bond acceptors (Lipinski definition) is 2. The molecule has 23 heavy (non-hydrogen) atoms. The molecule has 1 rings (SSSR count). The molecule has 0 bridgehead atoms. The van der Waals surface area contributed by atoms with Gasteiger partial charge in [0.2, 0.25) is 0 Å². The van der Waals surface area contributed by atoms with E-state index < -0.39 is 0 Å². The van der Waals surface area contributed by atoms with Crippen molar-refractivity contribution in [1.82, 2.24) is 10.6 Å². The van der Waals surface area contributed by atoms with Gasteiger partial charge in [-0.3, -0.25) is 0 Å². The van der Waals surface area contributed by atoms with Gasteiger partial charge in [0.15, 0.2) is 5.96 Å². The first-order valence-electron chi connectivity index (χ1n) is 8.32. The van der Waals surface area contributed by atoms with Crippen LogP contribution in [0, 0.1) is 5.92 Å². The van der Waals surface area contributed by atoms with E-state index in [1.807, 2.05) is 6.07 Å². The molecule has 1 aromatic rings. The lowest BCUT2D eigenvalue weighted by Gasteiger charge is -2.16. The van der Waals surface area contributed by atoms with Gasteiger partial charge >= 0.3 is 0 Å². The fraction of sp³-hybridized carbons (Fsp3) is 0.611. The first-order chi connectivity index (χ1) is 10.7. The molecule has 132 valence electrons. The summed E-state index contributed by atoms with van der Waals surface area (Å²) in [5.41, 5.74) is 2.41. The standard InChI is InChI=1S/C18H31N3O.HI/c1-5-15(6-2)12-20-18(19-7-3)21-13-16-10-8-9-11-17(16)14-22-4;/h8-11,15H,5-7,12-14H2,1-4H3,(H2,19,20,21);1H. The predicted molar refractivity (Wildman–Crippen MR) is 109 cm³/mol. The van der Waals surface area contributed by atoms with Gasteiger partial charge < -0.3 is 15.4 Å².